The van der Waals surface area contributed by atoms with E-state index in [0.717, 1.165) is 19.3 Å². The van der Waals surface area contributed by atoms with Gasteiger partial charge in [-0.2, -0.15) is 17.4 Å². The zero-order valence-electron chi connectivity index (χ0n) is 9.29. The summed E-state index contributed by atoms with van der Waals surface area (Å²) >= 11 is 3.30. The molecule has 1 aliphatic heterocycles. The van der Waals surface area contributed by atoms with E-state index in [-0.39, 0.29) is 0 Å². The van der Waals surface area contributed by atoms with Gasteiger partial charge in [0.2, 0.25) is 0 Å². The molecule has 6 heteroatoms. The van der Waals surface area contributed by atoms with Crippen LogP contribution in [0.25, 0.3) is 0 Å². The van der Waals surface area contributed by atoms with Crippen LogP contribution < -0.4 is 4.72 Å². The minimum atomic E-state index is -3.30. The Hall–Kier alpha value is 0.350. The number of alkyl halides is 1. The highest BCUT2D eigenvalue weighted by Crippen LogP contribution is 2.15. The summed E-state index contributed by atoms with van der Waals surface area (Å²) < 4.78 is 28.2. The van der Waals surface area contributed by atoms with Crippen molar-refractivity contribution in [3.63, 3.8) is 0 Å². The third-order valence-electron chi connectivity index (χ3n) is 2.39. The first kappa shape index (κ1) is 13.4. The summed E-state index contributed by atoms with van der Waals surface area (Å²) in [6.45, 7) is 5.02. The SMILES string of the molecule is CC(C)(CBr)NS(=O)(=O)N1CCCCC1. The van der Waals surface area contributed by atoms with Gasteiger partial charge in [-0.05, 0) is 26.7 Å². The van der Waals surface area contributed by atoms with Gasteiger partial charge in [0.25, 0.3) is 10.2 Å². The zero-order chi connectivity index (χ0) is 11.5. The van der Waals surface area contributed by atoms with Gasteiger partial charge in [-0.15, -0.1) is 0 Å². The predicted molar refractivity (Wildman–Crippen MR) is 65.4 cm³/mol. The van der Waals surface area contributed by atoms with E-state index in [4.69, 9.17) is 0 Å². The van der Waals surface area contributed by atoms with Crippen molar-refractivity contribution in [2.45, 2.75) is 38.6 Å². The predicted octanol–water partition coefficient (Wildman–Crippen LogP) is 1.48. The summed E-state index contributed by atoms with van der Waals surface area (Å²) in [6.07, 6.45) is 3.07. The molecular weight excluding hydrogens is 280 g/mol. The fourth-order valence-electron chi connectivity index (χ4n) is 1.55. The van der Waals surface area contributed by atoms with Crippen molar-refractivity contribution in [2.75, 3.05) is 18.4 Å². The summed E-state index contributed by atoms with van der Waals surface area (Å²) in [4.78, 5) is 0. The lowest BCUT2D eigenvalue weighted by Crippen LogP contribution is -2.52. The fraction of sp³-hybridized carbons (Fsp3) is 1.00. The van der Waals surface area contributed by atoms with Gasteiger partial charge in [-0.25, -0.2) is 0 Å². The Bertz CT molecular complexity index is 297. The molecule has 1 heterocycles. The molecule has 0 bridgehead atoms. The Morgan fingerprint density at radius 3 is 2.27 bits per heavy atom. The zero-order valence-corrected chi connectivity index (χ0v) is 11.7. The second-order valence-electron chi connectivity index (χ2n) is 4.58. The lowest BCUT2D eigenvalue weighted by atomic mass is 10.1. The molecule has 0 aromatic carbocycles. The van der Waals surface area contributed by atoms with Gasteiger partial charge in [0.1, 0.15) is 0 Å². The topological polar surface area (TPSA) is 49.4 Å². The Kier molecular flexibility index (Phi) is 4.58. The van der Waals surface area contributed by atoms with Crippen LogP contribution in [0, 0.1) is 0 Å². The molecule has 0 amide bonds. The third kappa shape index (κ3) is 4.01. The van der Waals surface area contributed by atoms with Crippen molar-refractivity contribution in [3.8, 4) is 0 Å². The maximum absolute atomic E-state index is 12.0. The maximum Gasteiger partial charge on any atom is 0.279 e. The average molecular weight is 299 g/mol. The van der Waals surface area contributed by atoms with E-state index >= 15 is 0 Å². The summed E-state index contributed by atoms with van der Waals surface area (Å²) in [5, 5.41) is 0.604. The minimum Gasteiger partial charge on any atom is -0.196 e. The molecule has 15 heavy (non-hydrogen) atoms. The van der Waals surface area contributed by atoms with Crippen molar-refractivity contribution < 1.29 is 8.42 Å². The van der Waals surface area contributed by atoms with E-state index in [9.17, 15) is 8.42 Å². The van der Waals surface area contributed by atoms with E-state index in [1.165, 1.54) is 0 Å². The highest BCUT2D eigenvalue weighted by atomic mass is 79.9. The molecule has 0 unspecified atom stereocenters. The number of piperidine rings is 1. The maximum atomic E-state index is 12.0. The van der Waals surface area contributed by atoms with Crippen LogP contribution in [0.15, 0.2) is 0 Å². The molecule has 0 atom stereocenters. The van der Waals surface area contributed by atoms with Crippen molar-refractivity contribution in [2.24, 2.45) is 0 Å². The number of hydrogen-bond acceptors (Lipinski definition) is 2. The smallest absolute Gasteiger partial charge is 0.196 e. The summed E-state index contributed by atoms with van der Waals surface area (Å²) in [5.74, 6) is 0. The second-order valence-corrected chi connectivity index (χ2v) is 6.82. The summed E-state index contributed by atoms with van der Waals surface area (Å²) in [7, 11) is -3.30. The first-order chi connectivity index (χ1) is 6.87. The van der Waals surface area contributed by atoms with Crippen LogP contribution in [0.5, 0.6) is 0 Å². The number of hydrogen-bond donors (Lipinski definition) is 1. The molecule has 0 aromatic heterocycles. The molecule has 1 aliphatic rings. The molecule has 0 aliphatic carbocycles. The van der Waals surface area contributed by atoms with E-state index in [1.54, 1.807) is 4.31 Å². The van der Waals surface area contributed by atoms with Gasteiger partial charge in [0.05, 0.1) is 0 Å². The Balaban J connectivity index is 2.65. The van der Waals surface area contributed by atoms with Crippen molar-refractivity contribution in [1.29, 1.82) is 0 Å². The molecule has 0 aromatic rings. The van der Waals surface area contributed by atoms with Crippen LogP contribution in [-0.4, -0.2) is 36.7 Å². The molecule has 1 saturated heterocycles. The van der Waals surface area contributed by atoms with Gasteiger partial charge < -0.3 is 0 Å². The van der Waals surface area contributed by atoms with Crippen LogP contribution >= 0.6 is 15.9 Å². The van der Waals surface area contributed by atoms with Crippen LogP contribution in [0.2, 0.25) is 0 Å². The van der Waals surface area contributed by atoms with E-state index in [2.05, 4.69) is 20.7 Å². The molecule has 1 rings (SSSR count). The molecule has 1 fully saturated rings. The monoisotopic (exact) mass is 298 g/mol. The van der Waals surface area contributed by atoms with Crippen molar-refractivity contribution >= 4 is 26.1 Å². The quantitative estimate of drug-likeness (QED) is 0.799. The first-order valence-electron chi connectivity index (χ1n) is 5.22. The molecule has 0 saturated carbocycles. The van der Waals surface area contributed by atoms with Crippen LogP contribution in [0.3, 0.4) is 0 Å². The van der Waals surface area contributed by atoms with Crippen molar-refractivity contribution in [3.05, 3.63) is 0 Å². The summed E-state index contributed by atoms with van der Waals surface area (Å²) in [5.41, 5.74) is -0.434. The average Bonchev–Trinajstić information content (AvgIpc) is 2.18. The third-order valence-corrected chi connectivity index (χ3v) is 5.65. The number of nitrogens with one attached hydrogen (secondary N) is 1. The number of halogens is 1. The molecule has 4 nitrogen and oxygen atoms in total. The van der Waals surface area contributed by atoms with Gasteiger partial charge in [0.15, 0.2) is 0 Å². The van der Waals surface area contributed by atoms with Gasteiger partial charge in [-0.3, -0.25) is 0 Å². The van der Waals surface area contributed by atoms with Gasteiger partial charge >= 0.3 is 0 Å². The molecule has 1 N–H and O–H groups in total. The first-order valence-corrected chi connectivity index (χ1v) is 7.78. The molecule has 0 radical (unpaired) electrons. The highest BCUT2D eigenvalue weighted by Gasteiger charge is 2.29. The van der Waals surface area contributed by atoms with E-state index in [0.29, 0.717) is 18.4 Å². The second kappa shape index (κ2) is 5.12. The molecule has 90 valence electrons. The minimum absolute atomic E-state index is 0.434. The molecular formula is C9H19BrN2O2S. The largest absolute Gasteiger partial charge is 0.279 e. The number of nitrogens with zero attached hydrogens (tertiary/aromatic N) is 1. The van der Waals surface area contributed by atoms with Gasteiger partial charge in [-0.1, -0.05) is 22.4 Å². The lowest BCUT2D eigenvalue weighted by Gasteiger charge is -2.31. The molecule has 0 spiro atoms. The summed E-state index contributed by atoms with van der Waals surface area (Å²) in [6, 6.07) is 0. The Morgan fingerprint density at radius 1 is 1.27 bits per heavy atom. The van der Waals surface area contributed by atoms with Crippen molar-refractivity contribution in [1.82, 2.24) is 9.03 Å². The normalized spacial score (nSPS) is 20.5. The number of rotatable bonds is 4. The van der Waals surface area contributed by atoms with Crippen LogP contribution in [-0.2, 0) is 10.2 Å². The Labute approximate surface area is 101 Å². The van der Waals surface area contributed by atoms with Crippen LogP contribution in [0.1, 0.15) is 33.1 Å². The van der Waals surface area contributed by atoms with Crippen LogP contribution in [0.4, 0.5) is 0 Å². The fourth-order valence-corrected chi connectivity index (χ4v) is 3.51. The van der Waals surface area contributed by atoms with E-state index < -0.39 is 15.7 Å². The van der Waals surface area contributed by atoms with Gasteiger partial charge in [0, 0.05) is 24.0 Å². The standard InChI is InChI=1S/C9H19BrN2O2S/c1-9(2,8-10)11-15(13,14)12-6-4-3-5-7-12/h11H,3-8H2,1-2H3. The lowest BCUT2D eigenvalue weighted by molar-refractivity contribution is 0.333. The Morgan fingerprint density at radius 2 is 1.80 bits per heavy atom. The van der Waals surface area contributed by atoms with E-state index in [1.807, 2.05) is 13.8 Å². The highest BCUT2D eigenvalue weighted by molar-refractivity contribution is 9.09.